The van der Waals surface area contributed by atoms with Gasteiger partial charge in [-0.1, -0.05) is 11.6 Å². The number of rotatable bonds is 2. The average Bonchev–Trinajstić information content (AvgIpc) is 2.48. The SMILES string of the molecule is N[C@@H]1CCSc2cc(C(=O)Nc3ccncc3)c(Cl)cc21. The number of aromatic nitrogens is 1. The summed E-state index contributed by atoms with van der Waals surface area (Å²) in [7, 11) is 0. The lowest BCUT2D eigenvalue weighted by molar-refractivity contribution is 0.102. The van der Waals surface area contributed by atoms with Crippen molar-refractivity contribution < 1.29 is 4.79 Å². The molecule has 0 saturated carbocycles. The van der Waals surface area contributed by atoms with Gasteiger partial charge in [0.2, 0.25) is 0 Å². The van der Waals surface area contributed by atoms with Crippen LogP contribution in [0.3, 0.4) is 0 Å². The zero-order valence-electron chi connectivity index (χ0n) is 11.2. The van der Waals surface area contributed by atoms with E-state index in [4.69, 9.17) is 17.3 Å². The zero-order valence-corrected chi connectivity index (χ0v) is 12.7. The molecule has 3 N–H and O–H groups in total. The van der Waals surface area contributed by atoms with Crippen molar-refractivity contribution >= 4 is 35.0 Å². The Balaban J connectivity index is 1.90. The van der Waals surface area contributed by atoms with Gasteiger partial charge in [-0.2, -0.15) is 0 Å². The molecule has 1 aliphatic rings. The number of nitrogens with one attached hydrogen (secondary N) is 1. The molecule has 1 aromatic heterocycles. The Kier molecular flexibility index (Phi) is 4.14. The van der Waals surface area contributed by atoms with Crippen molar-refractivity contribution in [1.82, 2.24) is 4.98 Å². The molecule has 1 aromatic carbocycles. The van der Waals surface area contributed by atoms with Crippen LogP contribution in [0.25, 0.3) is 0 Å². The fourth-order valence-corrected chi connectivity index (χ4v) is 3.67. The summed E-state index contributed by atoms with van der Waals surface area (Å²) in [6, 6.07) is 7.10. The van der Waals surface area contributed by atoms with E-state index in [1.807, 2.05) is 12.1 Å². The summed E-state index contributed by atoms with van der Waals surface area (Å²) in [5.74, 6) is 0.732. The highest BCUT2D eigenvalue weighted by Crippen LogP contribution is 2.38. The predicted molar refractivity (Wildman–Crippen MR) is 85.9 cm³/mol. The maximum Gasteiger partial charge on any atom is 0.257 e. The molecule has 2 heterocycles. The number of halogens is 1. The Labute approximate surface area is 132 Å². The van der Waals surface area contributed by atoms with E-state index in [2.05, 4.69) is 10.3 Å². The summed E-state index contributed by atoms with van der Waals surface area (Å²) in [5, 5.41) is 3.24. The van der Waals surface area contributed by atoms with E-state index in [0.717, 1.165) is 22.6 Å². The molecule has 0 aliphatic carbocycles. The molecule has 0 spiro atoms. The first-order valence-electron chi connectivity index (χ1n) is 6.58. The van der Waals surface area contributed by atoms with Crippen LogP contribution < -0.4 is 11.1 Å². The molecule has 6 heteroatoms. The molecular formula is C15H14ClN3OS. The van der Waals surface area contributed by atoms with E-state index < -0.39 is 0 Å². The smallest absolute Gasteiger partial charge is 0.257 e. The quantitative estimate of drug-likeness (QED) is 0.889. The van der Waals surface area contributed by atoms with Gasteiger partial charge >= 0.3 is 0 Å². The highest BCUT2D eigenvalue weighted by atomic mass is 35.5. The van der Waals surface area contributed by atoms with Crippen LogP contribution in [0.1, 0.15) is 28.4 Å². The van der Waals surface area contributed by atoms with E-state index in [9.17, 15) is 4.79 Å². The summed E-state index contributed by atoms with van der Waals surface area (Å²) in [5.41, 5.74) is 8.26. The third-order valence-corrected chi connectivity index (χ3v) is 4.79. The molecule has 21 heavy (non-hydrogen) atoms. The van der Waals surface area contributed by atoms with Crippen LogP contribution in [0.4, 0.5) is 5.69 Å². The molecule has 1 aliphatic heterocycles. The summed E-state index contributed by atoms with van der Waals surface area (Å²) in [6.07, 6.45) is 4.18. The van der Waals surface area contributed by atoms with E-state index in [0.29, 0.717) is 16.3 Å². The molecule has 0 fully saturated rings. The lowest BCUT2D eigenvalue weighted by atomic mass is 10.0. The summed E-state index contributed by atoms with van der Waals surface area (Å²) >= 11 is 7.96. The Bertz CT molecular complexity index is 678. The molecule has 108 valence electrons. The molecule has 2 aromatic rings. The van der Waals surface area contributed by atoms with E-state index >= 15 is 0 Å². The Morgan fingerprint density at radius 2 is 2.14 bits per heavy atom. The number of benzene rings is 1. The number of nitrogens with zero attached hydrogens (tertiary/aromatic N) is 1. The number of fused-ring (bicyclic) bond motifs is 1. The second-order valence-corrected chi connectivity index (χ2v) is 6.35. The Hall–Kier alpha value is -1.56. The minimum absolute atomic E-state index is 0.00365. The second-order valence-electron chi connectivity index (χ2n) is 4.80. The second kappa shape index (κ2) is 6.05. The third-order valence-electron chi connectivity index (χ3n) is 3.37. The van der Waals surface area contributed by atoms with E-state index in [1.165, 1.54) is 0 Å². The standard InChI is InChI=1S/C15H14ClN3OS/c16-12-7-11-13(17)3-6-21-14(11)8-10(12)15(20)19-9-1-4-18-5-2-9/h1-2,4-5,7-8,13H,3,6,17H2,(H,18,19,20)/t13-/m1/s1. The van der Waals surface area contributed by atoms with Crippen LogP contribution in [0.2, 0.25) is 5.02 Å². The van der Waals surface area contributed by atoms with Gasteiger partial charge < -0.3 is 11.1 Å². The topological polar surface area (TPSA) is 68.0 Å². The van der Waals surface area contributed by atoms with Crippen molar-refractivity contribution in [2.75, 3.05) is 11.1 Å². The van der Waals surface area contributed by atoms with Crippen LogP contribution in [-0.2, 0) is 0 Å². The van der Waals surface area contributed by atoms with Crippen molar-refractivity contribution in [3.63, 3.8) is 0 Å². The normalized spacial score (nSPS) is 17.1. The van der Waals surface area contributed by atoms with Crippen LogP contribution in [-0.4, -0.2) is 16.6 Å². The lowest BCUT2D eigenvalue weighted by Crippen LogP contribution is -2.18. The molecule has 1 amide bonds. The fourth-order valence-electron chi connectivity index (χ4n) is 2.24. The molecular weight excluding hydrogens is 306 g/mol. The van der Waals surface area contributed by atoms with E-state index in [1.54, 1.807) is 36.3 Å². The zero-order chi connectivity index (χ0) is 14.8. The predicted octanol–water partition coefficient (Wildman–Crippen LogP) is 3.48. The Morgan fingerprint density at radius 1 is 1.38 bits per heavy atom. The van der Waals surface area contributed by atoms with Gasteiger partial charge in [-0.15, -0.1) is 11.8 Å². The molecule has 1 atom stereocenters. The number of amides is 1. The molecule has 3 rings (SSSR count). The number of anilines is 1. The van der Waals surface area contributed by atoms with Crippen molar-refractivity contribution in [3.05, 3.63) is 52.8 Å². The third kappa shape index (κ3) is 3.05. The monoisotopic (exact) mass is 319 g/mol. The van der Waals surface area contributed by atoms with Gasteiger partial charge in [-0.3, -0.25) is 9.78 Å². The number of hydrogen-bond acceptors (Lipinski definition) is 4. The lowest BCUT2D eigenvalue weighted by Gasteiger charge is -2.22. The van der Waals surface area contributed by atoms with Gasteiger partial charge in [0.05, 0.1) is 10.6 Å². The van der Waals surface area contributed by atoms with Gasteiger partial charge in [0.25, 0.3) is 5.91 Å². The molecule has 0 bridgehead atoms. The first-order valence-corrected chi connectivity index (χ1v) is 7.94. The number of nitrogens with two attached hydrogens (primary N) is 1. The summed E-state index contributed by atoms with van der Waals surface area (Å²) < 4.78 is 0. The van der Waals surface area contributed by atoms with Gasteiger partial charge in [0.15, 0.2) is 0 Å². The molecule has 0 radical (unpaired) electrons. The highest BCUT2D eigenvalue weighted by molar-refractivity contribution is 7.99. The van der Waals surface area contributed by atoms with E-state index in [-0.39, 0.29) is 11.9 Å². The largest absolute Gasteiger partial charge is 0.324 e. The first kappa shape index (κ1) is 14.4. The Morgan fingerprint density at radius 3 is 2.90 bits per heavy atom. The minimum Gasteiger partial charge on any atom is -0.324 e. The average molecular weight is 320 g/mol. The summed E-state index contributed by atoms with van der Waals surface area (Å²) in [4.78, 5) is 17.3. The number of carbonyl (C=O) groups excluding carboxylic acids is 1. The van der Waals surface area contributed by atoms with Crippen LogP contribution >= 0.6 is 23.4 Å². The van der Waals surface area contributed by atoms with Crippen molar-refractivity contribution in [3.8, 4) is 0 Å². The summed E-state index contributed by atoms with van der Waals surface area (Å²) in [6.45, 7) is 0. The molecule has 0 unspecified atom stereocenters. The number of hydrogen-bond donors (Lipinski definition) is 2. The highest BCUT2D eigenvalue weighted by Gasteiger charge is 2.21. The van der Waals surface area contributed by atoms with Crippen LogP contribution in [0.15, 0.2) is 41.6 Å². The van der Waals surface area contributed by atoms with Crippen molar-refractivity contribution in [2.24, 2.45) is 5.73 Å². The van der Waals surface area contributed by atoms with Crippen molar-refractivity contribution in [1.29, 1.82) is 0 Å². The van der Waals surface area contributed by atoms with Gasteiger partial charge in [-0.25, -0.2) is 0 Å². The number of carbonyl (C=O) groups is 1. The fraction of sp³-hybridized carbons (Fsp3) is 0.200. The van der Waals surface area contributed by atoms with Crippen molar-refractivity contribution in [2.45, 2.75) is 17.4 Å². The van der Waals surface area contributed by atoms with Gasteiger partial charge in [0.1, 0.15) is 0 Å². The number of thioether (sulfide) groups is 1. The van der Waals surface area contributed by atoms with Gasteiger partial charge in [0, 0.05) is 29.0 Å². The number of pyridine rings is 1. The molecule has 0 saturated heterocycles. The maximum absolute atomic E-state index is 12.3. The molecule has 4 nitrogen and oxygen atoms in total. The van der Waals surface area contributed by atoms with Gasteiger partial charge in [-0.05, 0) is 42.0 Å². The first-order chi connectivity index (χ1) is 10.1. The minimum atomic E-state index is -0.228. The van der Waals surface area contributed by atoms with Crippen LogP contribution in [0, 0.1) is 0 Å². The maximum atomic E-state index is 12.3. The van der Waals surface area contributed by atoms with Crippen LogP contribution in [0.5, 0.6) is 0 Å².